The van der Waals surface area contributed by atoms with Crippen molar-refractivity contribution >= 4 is 0 Å². The van der Waals surface area contributed by atoms with Crippen LogP contribution >= 0.6 is 0 Å². The minimum Gasteiger partial charge on any atom is -0.380 e. The SMILES string of the molecule is CCC[C@H]1CC[C@H](c2ccnc(-c3ccc(F)c(COC)c3)n2)CC1. The molecule has 1 saturated carbocycles. The molecule has 3 rings (SSSR count). The van der Waals surface area contributed by atoms with Gasteiger partial charge in [-0.05, 0) is 55.9 Å². The molecular formula is C21H27FN2O. The number of rotatable bonds is 6. The van der Waals surface area contributed by atoms with E-state index in [1.807, 2.05) is 12.3 Å². The molecular weight excluding hydrogens is 315 g/mol. The summed E-state index contributed by atoms with van der Waals surface area (Å²) in [5.74, 6) is 1.83. The van der Waals surface area contributed by atoms with Crippen LogP contribution in [0.3, 0.4) is 0 Å². The molecule has 1 heterocycles. The molecule has 0 radical (unpaired) electrons. The lowest BCUT2D eigenvalue weighted by Gasteiger charge is -2.28. The second-order valence-corrected chi connectivity index (χ2v) is 7.05. The Hall–Kier alpha value is -1.81. The van der Waals surface area contributed by atoms with Crippen molar-refractivity contribution in [1.82, 2.24) is 9.97 Å². The Kier molecular flexibility index (Phi) is 6.14. The third-order valence-electron chi connectivity index (χ3n) is 5.24. The quantitative estimate of drug-likeness (QED) is 0.695. The van der Waals surface area contributed by atoms with Crippen LogP contribution < -0.4 is 0 Å². The average molecular weight is 342 g/mol. The third kappa shape index (κ3) is 4.43. The van der Waals surface area contributed by atoms with Crippen molar-refractivity contribution in [3.8, 4) is 11.4 Å². The molecule has 1 aliphatic rings. The van der Waals surface area contributed by atoms with Crippen LogP contribution in [0.15, 0.2) is 30.5 Å². The maximum absolute atomic E-state index is 13.8. The van der Waals surface area contributed by atoms with Gasteiger partial charge in [-0.2, -0.15) is 0 Å². The van der Waals surface area contributed by atoms with Gasteiger partial charge in [-0.25, -0.2) is 14.4 Å². The first-order valence-corrected chi connectivity index (χ1v) is 9.32. The lowest BCUT2D eigenvalue weighted by molar-refractivity contribution is 0.181. The van der Waals surface area contributed by atoms with E-state index in [0.29, 0.717) is 17.3 Å². The first-order chi connectivity index (χ1) is 12.2. The van der Waals surface area contributed by atoms with Crippen LogP contribution in [0.2, 0.25) is 0 Å². The van der Waals surface area contributed by atoms with E-state index in [2.05, 4.69) is 11.9 Å². The highest BCUT2D eigenvalue weighted by Crippen LogP contribution is 2.37. The normalized spacial score (nSPS) is 20.6. The Morgan fingerprint density at radius 2 is 1.96 bits per heavy atom. The molecule has 1 aromatic carbocycles. The fourth-order valence-corrected chi connectivity index (χ4v) is 3.87. The Balaban J connectivity index is 1.77. The maximum atomic E-state index is 13.8. The third-order valence-corrected chi connectivity index (χ3v) is 5.24. The molecule has 0 atom stereocenters. The summed E-state index contributed by atoms with van der Waals surface area (Å²) < 4.78 is 18.9. The van der Waals surface area contributed by atoms with Gasteiger partial charge in [-0.3, -0.25) is 0 Å². The summed E-state index contributed by atoms with van der Waals surface area (Å²) in [6.45, 7) is 2.52. The van der Waals surface area contributed by atoms with Crippen LogP contribution in [-0.4, -0.2) is 17.1 Å². The van der Waals surface area contributed by atoms with Crippen molar-refractivity contribution in [2.45, 2.75) is 58.0 Å². The topological polar surface area (TPSA) is 35.0 Å². The van der Waals surface area contributed by atoms with Crippen molar-refractivity contribution in [1.29, 1.82) is 0 Å². The number of hydrogen-bond donors (Lipinski definition) is 0. The van der Waals surface area contributed by atoms with Gasteiger partial charge in [0.15, 0.2) is 5.82 Å². The van der Waals surface area contributed by atoms with E-state index < -0.39 is 0 Å². The molecule has 1 fully saturated rings. The smallest absolute Gasteiger partial charge is 0.159 e. The van der Waals surface area contributed by atoms with Crippen LogP contribution in [0, 0.1) is 11.7 Å². The van der Waals surface area contributed by atoms with Crippen LogP contribution in [0.4, 0.5) is 4.39 Å². The van der Waals surface area contributed by atoms with E-state index in [9.17, 15) is 4.39 Å². The van der Waals surface area contributed by atoms with Gasteiger partial charge in [0.05, 0.1) is 6.61 Å². The van der Waals surface area contributed by atoms with Crippen molar-refractivity contribution in [3.05, 3.63) is 47.5 Å². The Bertz CT molecular complexity index is 696. The summed E-state index contributed by atoms with van der Waals surface area (Å²) in [4.78, 5) is 9.20. The van der Waals surface area contributed by atoms with Gasteiger partial charge in [0.25, 0.3) is 0 Å². The van der Waals surface area contributed by atoms with E-state index >= 15 is 0 Å². The number of nitrogens with zero attached hydrogens (tertiary/aromatic N) is 2. The van der Waals surface area contributed by atoms with Crippen LogP contribution in [0.25, 0.3) is 11.4 Å². The number of methoxy groups -OCH3 is 1. The second-order valence-electron chi connectivity index (χ2n) is 7.05. The van der Waals surface area contributed by atoms with Crippen molar-refractivity contribution in [3.63, 3.8) is 0 Å². The average Bonchev–Trinajstić information content (AvgIpc) is 2.65. The summed E-state index contributed by atoms with van der Waals surface area (Å²) in [7, 11) is 1.57. The first kappa shape index (κ1) is 18.0. The molecule has 0 saturated heterocycles. The highest BCUT2D eigenvalue weighted by atomic mass is 19.1. The second kappa shape index (κ2) is 8.52. The van der Waals surface area contributed by atoms with Gasteiger partial charge in [-0.15, -0.1) is 0 Å². The van der Waals surface area contributed by atoms with Gasteiger partial charge >= 0.3 is 0 Å². The lowest BCUT2D eigenvalue weighted by atomic mass is 9.79. The molecule has 25 heavy (non-hydrogen) atoms. The highest BCUT2D eigenvalue weighted by Gasteiger charge is 2.23. The molecule has 0 spiro atoms. The summed E-state index contributed by atoms with van der Waals surface area (Å²) in [6.07, 6.45) is 9.47. The monoisotopic (exact) mass is 342 g/mol. The number of benzene rings is 1. The zero-order chi connectivity index (χ0) is 17.6. The predicted octanol–water partition coefficient (Wildman–Crippen LogP) is 5.50. The standard InChI is InChI=1S/C21H27FN2O/c1-3-4-15-5-7-16(8-6-15)20-11-12-23-21(24-20)17-9-10-19(22)18(13-17)14-25-2/h9-13,15-16H,3-8,14H2,1-2H3/t15-,16-. The molecule has 0 bridgehead atoms. The van der Waals surface area contributed by atoms with E-state index in [-0.39, 0.29) is 12.4 Å². The number of aromatic nitrogens is 2. The molecule has 0 aliphatic heterocycles. The van der Waals surface area contributed by atoms with Gasteiger partial charge in [0.2, 0.25) is 0 Å². The predicted molar refractivity (Wildman–Crippen MR) is 97.7 cm³/mol. The summed E-state index contributed by atoms with van der Waals surface area (Å²) in [5, 5.41) is 0. The number of halogens is 1. The molecule has 1 aliphatic carbocycles. The number of ether oxygens (including phenoxy) is 1. The van der Waals surface area contributed by atoms with E-state index in [4.69, 9.17) is 9.72 Å². The van der Waals surface area contributed by atoms with Crippen molar-refractivity contribution in [2.75, 3.05) is 7.11 Å². The van der Waals surface area contributed by atoms with Gasteiger partial charge in [0.1, 0.15) is 5.82 Å². The lowest BCUT2D eigenvalue weighted by Crippen LogP contribution is -2.14. The van der Waals surface area contributed by atoms with Gasteiger partial charge in [-0.1, -0.05) is 19.8 Å². The fraction of sp³-hybridized carbons (Fsp3) is 0.524. The van der Waals surface area contributed by atoms with Crippen LogP contribution in [0.5, 0.6) is 0 Å². The minimum atomic E-state index is -0.254. The van der Waals surface area contributed by atoms with Crippen molar-refractivity contribution in [2.24, 2.45) is 5.92 Å². The van der Waals surface area contributed by atoms with E-state index in [1.165, 1.54) is 44.6 Å². The molecule has 134 valence electrons. The molecule has 0 amide bonds. The van der Waals surface area contributed by atoms with Crippen LogP contribution in [-0.2, 0) is 11.3 Å². The molecule has 4 heteroatoms. The zero-order valence-corrected chi connectivity index (χ0v) is 15.2. The molecule has 3 nitrogen and oxygen atoms in total. The molecule has 1 aromatic heterocycles. The first-order valence-electron chi connectivity index (χ1n) is 9.32. The molecule has 0 N–H and O–H groups in total. The maximum Gasteiger partial charge on any atom is 0.159 e. The van der Waals surface area contributed by atoms with Gasteiger partial charge < -0.3 is 4.74 Å². The molecule has 2 aromatic rings. The highest BCUT2D eigenvalue weighted by molar-refractivity contribution is 5.56. The van der Waals surface area contributed by atoms with E-state index in [0.717, 1.165) is 17.2 Å². The van der Waals surface area contributed by atoms with Crippen molar-refractivity contribution < 1.29 is 9.13 Å². The Labute approximate surface area is 149 Å². The van der Waals surface area contributed by atoms with Crippen LogP contribution in [0.1, 0.15) is 62.6 Å². The summed E-state index contributed by atoms with van der Waals surface area (Å²) in [5.41, 5.74) is 2.50. The minimum absolute atomic E-state index is 0.251. The molecule has 0 unspecified atom stereocenters. The van der Waals surface area contributed by atoms with E-state index in [1.54, 1.807) is 19.2 Å². The fourth-order valence-electron chi connectivity index (χ4n) is 3.87. The zero-order valence-electron chi connectivity index (χ0n) is 15.2. The summed E-state index contributed by atoms with van der Waals surface area (Å²) >= 11 is 0. The number of hydrogen-bond acceptors (Lipinski definition) is 3. The largest absolute Gasteiger partial charge is 0.380 e. The summed E-state index contributed by atoms with van der Waals surface area (Å²) in [6, 6.07) is 7.03. The van der Waals surface area contributed by atoms with Gasteiger partial charge in [0, 0.05) is 36.0 Å². The Morgan fingerprint density at radius 1 is 1.16 bits per heavy atom. The Morgan fingerprint density at radius 3 is 2.68 bits per heavy atom.